The van der Waals surface area contributed by atoms with E-state index >= 15 is 0 Å². The number of hydrogen-bond acceptors (Lipinski definition) is 4. The van der Waals surface area contributed by atoms with Crippen LogP contribution in [0.2, 0.25) is 10.0 Å². The summed E-state index contributed by atoms with van der Waals surface area (Å²) in [5.41, 5.74) is 4.85. The summed E-state index contributed by atoms with van der Waals surface area (Å²) in [6.45, 7) is 0. The average molecular weight is 387 g/mol. The van der Waals surface area contributed by atoms with Gasteiger partial charge in [-0.3, -0.25) is 0 Å². The van der Waals surface area contributed by atoms with Crippen LogP contribution < -0.4 is 15.8 Å². The zero-order valence-electron chi connectivity index (χ0n) is 12.1. The number of hydrogen-bond donors (Lipinski definition) is 2. The van der Waals surface area contributed by atoms with Crippen molar-refractivity contribution >= 4 is 44.8 Å². The molecule has 0 aliphatic carbocycles. The molecule has 0 saturated heterocycles. The van der Waals surface area contributed by atoms with E-state index in [1.54, 1.807) is 24.3 Å². The molecule has 3 N–H and O–H groups in total. The van der Waals surface area contributed by atoms with Crippen LogP contribution in [0, 0.1) is 0 Å². The van der Waals surface area contributed by atoms with E-state index in [2.05, 4.69) is 5.32 Å². The maximum Gasteiger partial charge on any atom is 0.316 e. The lowest BCUT2D eigenvalue weighted by atomic mass is 10.2. The molecule has 6 nitrogen and oxygen atoms in total. The van der Waals surface area contributed by atoms with Crippen LogP contribution in [-0.4, -0.2) is 19.9 Å². The minimum Gasteiger partial charge on any atom is -0.474 e. The van der Waals surface area contributed by atoms with Gasteiger partial charge in [-0.1, -0.05) is 41.4 Å². The van der Waals surface area contributed by atoms with Crippen molar-refractivity contribution in [3.05, 3.63) is 52.0 Å². The highest BCUT2D eigenvalue weighted by Gasteiger charge is 2.37. The first kappa shape index (κ1) is 16.9. The fourth-order valence-corrected chi connectivity index (χ4v) is 4.72. The Morgan fingerprint density at radius 3 is 2.62 bits per heavy atom. The molecule has 0 aromatic heterocycles. The highest BCUT2D eigenvalue weighted by Crippen LogP contribution is 2.38. The van der Waals surface area contributed by atoms with Crippen LogP contribution in [0.15, 0.2) is 41.3 Å². The summed E-state index contributed by atoms with van der Waals surface area (Å²) in [6.07, 6.45) is 0.194. The number of sulfone groups is 1. The predicted molar refractivity (Wildman–Crippen MR) is 91.4 cm³/mol. The van der Waals surface area contributed by atoms with Gasteiger partial charge in [-0.2, -0.15) is 0 Å². The van der Waals surface area contributed by atoms with Crippen LogP contribution in [0.5, 0.6) is 5.75 Å². The van der Waals surface area contributed by atoms with Gasteiger partial charge < -0.3 is 15.8 Å². The molecule has 24 heavy (non-hydrogen) atoms. The molecular weight excluding hydrogens is 375 g/mol. The van der Waals surface area contributed by atoms with E-state index in [0.717, 1.165) is 5.56 Å². The molecule has 1 aliphatic rings. The lowest BCUT2D eigenvalue weighted by molar-refractivity contribution is 0.259. The standard InChI is InChI=1S/C15H12Cl2N2O4S/c16-10-6-9(19-15(18)20)7-12(14(10)17)24(21,22)13-5-8-3-1-2-4-11(8)23-13/h1-4,6-7,13H,5H2,(H3,18,19,20). The lowest BCUT2D eigenvalue weighted by Crippen LogP contribution is -2.26. The highest BCUT2D eigenvalue weighted by molar-refractivity contribution is 7.92. The van der Waals surface area contributed by atoms with Crippen LogP contribution >= 0.6 is 23.2 Å². The molecular formula is C15H12Cl2N2O4S. The molecule has 1 heterocycles. The molecule has 0 bridgehead atoms. The SMILES string of the molecule is NC(=O)Nc1cc(Cl)c(Cl)c(S(=O)(=O)C2Cc3ccccc3O2)c1. The number of primary amides is 1. The molecule has 3 rings (SSSR count). The topological polar surface area (TPSA) is 98.5 Å². The van der Waals surface area contributed by atoms with Crippen molar-refractivity contribution in [3.8, 4) is 5.75 Å². The molecule has 0 fully saturated rings. The number of nitrogens with one attached hydrogen (secondary N) is 1. The maximum absolute atomic E-state index is 12.9. The van der Waals surface area contributed by atoms with E-state index < -0.39 is 21.3 Å². The Morgan fingerprint density at radius 1 is 1.25 bits per heavy atom. The summed E-state index contributed by atoms with van der Waals surface area (Å²) >= 11 is 12.0. The van der Waals surface area contributed by atoms with Crippen LogP contribution in [0.4, 0.5) is 10.5 Å². The fraction of sp³-hybridized carbons (Fsp3) is 0.133. The minimum atomic E-state index is -3.95. The van der Waals surface area contributed by atoms with Gasteiger partial charge in [0.15, 0.2) is 0 Å². The number of anilines is 1. The number of halogens is 2. The monoisotopic (exact) mass is 386 g/mol. The number of amides is 2. The molecule has 2 aromatic carbocycles. The Balaban J connectivity index is 2.02. The predicted octanol–water partition coefficient (Wildman–Crippen LogP) is 3.22. The van der Waals surface area contributed by atoms with Crippen LogP contribution in [-0.2, 0) is 16.3 Å². The molecule has 9 heteroatoms. The smallest absolute Gasteiger partial charge is 0.316 e. The number of rotatable bonds is 3. The zero-order valence-corrected chi connectivity index (χ0v) is 14.5. The van der Waals surface area contributed by atoms with Gasteiger partial charge in [0.1, 0.15) is 5.75 Å². The van der Waals surface area contributed by atoms with Crippen molar-refractivity contribution in [1.82, 2.24) is 0 Å². The van der Waals surface area contributed by atoms with Gasteiger partial charge in [0.05, 0.1) is 14.9 Å². The Labute approximate surface area is 148 Å². The highest BCUT2D eigenvalue weighted by atomic mass is 35.5. The summed E-state index contributed by atoms with van der Waals surface area (Å²) in [5.74, 6) is 0.514. The van der Waals surface area contributed by atoms with Gasteiger partial charge in [-0.25, -0.2) is 13.2 Å². The van der Waals surface area contributed by atoms with E-state index in [9.17, 15) is 13.2 Å². The molecule has 1 aliphatic heterocycles. The first-order chi connectivity index (χ1) is 11.3. The molecule has 2 aromatic rings. The van der Waals surface area contributed by atoms with E-state index in [4.69, 9.17) is 33.7 Å². The second-order valence-corrected chi connectivity index (χ2v) is 8.00. The van der Waals surface area contributed by atoms with Crippen molar-refractivity contribution in [3.63, 3.8) is 0 Å². The van der Waals surface area contributed by atoms with Gasteiger partial charge in [-0.15, -0.1) is 0 Å². The van der Waals surface area contributed by atoms with Gasteiger partial charge in [0.2, 0.25) is 15.3 Å². The number of fused-ring (bicyclic) bond motifs is 1. The zero-order chi connectivity index (χ0) is 17.5. The summed E-state index contributed by atoms with van der Waals surface area (Å²) in [5, 5.41) is 2.13. The lowest BCUT2D eigenvalue weighted by Gasteiger charge is -2.15. The van der Waals surface area contributed by atoms with E-state index in [0.29, 0.717) is 5.75 Å². The minimum absolute atomic E-state index is 0.0167. The first-order valence-corrected chi connectivity index (χ1v) is 9.13. The molecule has 0 radical (unpaired) electrons. The van der Waals surface area contributed by atoms with Gasteiger partial charge >= 0.3 is 6.03 Å². The fourth-order valence-electron chi connectivity index (χ4n) is 2.45. The third kappa shape index (κ3) is 3.02. The van der Waals surface area contributed by atoms with Crippen LogP contribution in [0.1, 0.15) is 5.56 Å². The summed E-state index contributed by atoms with van der Waals surface area (Å²) in [7, 11) is -3.95. The number of ether oxygens (including phenoxy) is 1. The third-order valence-electron chi connectivity index (χ3n) is 3.53. The second kappa shape index (κ2) is 6.16. The van der Waals surface area contributed by atoms with Crippen molar-refractivity contribution in [2.75, 3.05) is 5.32 Å². The Kier molecular flexibility index (Phi) is 4.33. The third-order valence-corrected chi connectivity index (χ3v) is 6.34. The molecule has 126 valence electrons. The summed E-state index contributed by atoms with van der Waals surface area (Å²) in [4.78, 5) is 10.8. The van der Waals surface area contributed by atoms with Crippen molar-refractivity contribution in [2.24, 2.45) is 5.73 Å². The number of para-hydroxylation sites is 1. The number of carbonyl (C=O) groups is 1. The van der Waals surface area contributed by atoms with Crippen molar-refractivity contribution in [1.29, 1.82) is 0 Å². The molecule has 0 spiro atoms. The molecule has 1 atom stereocenters. The molecule has 0 saturated carbocycles. The normalized spacial score (nSPS) is 16.3. The number of carbonyl (C=O) groups excluding carboxylic acids is 1. The Morgan fingerprint density at radius 2 is 1.96 bits per heavy atom. The van der Waals surface area contributed by atoms with E-state index in [1.807, 2.05) is 0 Å². The maximum atomic E-state index is 12.9. The van der Waals surface area contributed by atoms with Crippen LogP contribution in [0.3, 0.4) is 0 Å². The quantitative estimate of drug-likeness (QED) is 0.845. The van der Waals surface area contributed by atoms with E-state index in [1.165, 1.54) is 12.1 Å². The summed E-state index contributed by atoms with van der Waals surface area (Å²) < 4.78 is 31.3. The van der Waals surface area contributed by atoms with Crippen LogP contribution in [0.25, 0.3) is 0 Å². The second-order valence-electron chi connectivity index (χ2n) is 5.16. The first-order valence-electron chi connectivity index (χ1n) is 6.83. The van der Waals surface area contributed by atoms with E-state index in [-0.39, 0.29) is 27.0 Å². The summed E-state index contributed by atoms with van der Waals surface area (Å²) in [6, 6.07) is 8.74. The largest absolute Gasteiger partial charge is 0.474 e. The number of nitrogens with two attached hydrogens (primary N) is 1. The van der Waals surface area contributed by atoms with Crippen molar-refractivity contribution in [2.45, 2.75) is 16.8 Å². The van der Waals surface area contributed by atoms with Gasteiger partial charge in [0.25, 0.3) is 0 Å². The Bertz CT molecular complexity index is 906. The molecule has 1 unspecified atom stereocenters. The van der Waals surface area contributed by atoms with Gasteiger partial charge in [0, 0.05) is 12.1 Å². The number of benzene rings is 2. The number of urea groups is 1. The van der Waals surface area contributed by atoms with Crippen molar-refractivity contribution < 1.29 is 17.9 Å². The molecule has 2 amide bonds. The van der Waals surface area contributed by atoms with Gasteiger partial charge in [-0.05, 0) is 23.8 Å². The average Bonchev–Trinajstić information content (AvgIpc) is 2.94. The Hall–Kier alpha value is -1.96.